The van der Waals surface area contributed by atoms with Crippen molar-refractivity contribution in [1.29, 1.82) is 0 Å². The minimum atomic E-state index is 0.889. The van der Waals surface area contributed by atoms with E-state index in [0.29, 0.717) is 0 Å². The molecule has 2 fully saturated rings. The summed E-state index contributed by atoms with van der Waals surface area (Å²) in [5, 5.41) is 0. The van der Waals surface area contributed by atoms with Crippen molar-refractivity contribution >= 4 is 0 Å². The molecule has 0 N–H and O–H groups in total. The molecule has 0 amide bonds. The van der Waals surface area contributed by atoms with E-state index in [1.165, 1.54) is 18.8 Å². The van der Waals surface area contributed by atoms with Crippen molar-refractivity contribution in [2.75, 3.05) is 0 Å². The molecule has 0 aromatic heterocycles. The van der Waals surface area contributed by atoms with Gasteiger partial charge in [0.1, 0.15) is 0 Å². The number of rotatable bonds is 1. The second-order valence-electron chi connectivity index (χ2n) is 3.62. The van der Waals surface area contributed by atoms with Crippen molar-refractivity contribution in [2.24, 2.45) is 17.3 Å². The van der Waals surface area contributed by atoms with Gasteiger partial charge < -0.3 is 0 Å². The fraction of sp³-hybridized carbons (Fsp3) is 1.00. The molecule has 0 spiro atoms. The van der Waals surface area contributed by atoms with Crippen LogP contribution in [-0.4, -0.2) is 0 Å². The number of hydrogen-bond acceptors (Lipinski definition) is 0. The molecule has 0 aliphatic heterocycles. The van der Waals surface area contributed by atoms with E-state index >= 15 is 0 Å². The lowest BCUT2D eigenvalue weighted by Crippen LogP contribution is -2.24. The van der Waals surface area contributed by atoms with Crippen LogP contribution < -0.4 is 0 Å². The highest BCUT2D eigenvalue weighted by atomic mass is 14.7. The average molecular weight is 110 g/mol. The van der Waals surface area contributed by atoms with Crippen molar-refractivity contribution in [3.8, 4) is 0 Å². The van der Waals surface area contributed by atoms with Crippen LogP contribution in [0.1, 0.15) is 33.1 Å². The highest BCUT2D eigenvalue weighted by Crippen LogP contribution is 2.72. The van der Waals surface area contributed by atoms with Gasteiger partial charge in [0.2, 0.25) is 0 Å². The normalized spacial score (nSPS) is 59.2. The van der Waals surface area contributed by atoms with Crippen LogP contribution in [0.5, 0.6) is 0 Å². The Bertz CT molecular complexity index is 113. The molecule has 0 radical (unpaired) electrons. The Morgan fingerprint density at radius 2 is 2.38 bits per heavy atom. The molecule has 2 aliphatic carbocycles. The Kier molecular flexibility index (Phi) is 0.678. The first kappa shape index (κ1) is 4.84. The van der Waals surface area contributed by atoms with Gasteiger partial charge in [0, 0.05) is 0 Å². The maximum Gasteiger partial charge on any atom is -0.0243 e. The SMILES string of the molecule is CCC12CC1CC2C. The second-order valence-corrected chi connectivity index (χ2v) is 3.62. The summed E-state index contributed by atoms with van der Waals surface area (Å²) in [6, 6.07) is 0. The van der Waals surface area contributed by atoms with E-state index in [1.54, 1.807) is 6.42 Å². The third-order valence-corrected chi connectivity index (χ3v) is 3.56. The van der Waals surface area contributed by atoms with Crippen molar-refractivity contribution < 1.29 is 0 Å². The van der Waals surface area contributed by atoms with Crippen LogP contribution in [0.3, 0.4) is 0 Å². The predicted octanol–water partition coefficient (Wildman–Crippen LogP) is 2.44. The zero-order chi connectivity index (χ0) is 5.78. The molecular formula is C8H14. The monoisotopic (exact) mass is 110 g/mol. The molecular weight excluding hydrogens is 96.1 g/mol. The van der Waals surface area contributed by atoms with Crippen LogP contribution in [0.4, 0.5) is 0 Å². The Hall–Kier alpha value is 0. The van der Waals surface area contributed by atoms with Crippen molar-refractivity contribution in [1.82, 2.24) is 0 Å². The van der Waals surface area contributed by atoms with Gasteiger partial charge in [-0.05, 0) is 36.5 Å². The van der Waals surface area contributed by atoms with Crippen LogP contribution in [0.15, 0.2) is 0 Å². The highest BCUT2D eigenvalue weighted by molar-refractivity contribution is 5.13. The summed E-state index contributed by atoms with van der Waals surface area (Å²) in [7, 11) is 0. The smallest absolute Gasteiger partial charge is 0.0243 e. The topological polar surface area (TPSA) is 0 Å². The lowest BCUT2D eigenvalue weighted by molar-refractivity contribution is 0.170. The molecule has 0 aromatic carbocycles. The van der Waals surface area contributed by atoms with Crippen molar-refractivity contribution in [2.45, 2.75) is 33.1 Å². The average Bonchev–Trinajstić information content (AvgIpc) is 2.36. The van der Waals surface area contributed by atoms with E-state index in [2.05, 4.69) is 13.8 Å². The molecule has 8 heavy (non-hydrogen) atoms. The van der Waals surface area contributed by atoms with Gasteiger partial charge in [0.05, 0.1) is 0 Å². The molecule has 2 aliphatic rings. The zero-order valence-electron chi connectivity index (χ0n) is 5.78. The van der Waals surface area contributed by atoms with Gasteiger partial charge in [-0.15, -0.1) is 0 Å². The predicted molar refractivity (Wildman–Crippen MR) is 34.6 cm³/mol. The minimum absolute atomic E-state index is 0.889. The second kappa shape index (κ2) is 1.12. The maximum absolute atomic E-state index is 2.41. The summed E-state index contributed by atoms with van der Waals surface area (Å²) < 4.78 is 0. The van der Waals surface area contributed by atoms with Crippen molar-refractivity contribution in [3.05, 3.63) is 0 Å². The van der Waals surface area contributed by atoms with Gasteiger partial charge in [-0.3, -0.25) is 0 Å². The van der Waals surface area contributed by atoms with Crippen LogP contribution in [0.25, 0.3) is 0 Å². The Morgan fingerprint density at radius 1 is 1.62 bits per heavy atom. The summed E-state index contributed by atoms with van der Waals surface area (Å²) in [4.78, 5) is 0. The molecule has 0 bridgehead atoms. The van der Waals surface area contributed by atoms with E-state index in [-0.39, 0.29) is 0 Å². The molecule has 0 aromatic rings. The first-order chi connectivity index (χ1) is 3.79. The van der Waals surface area contributed by atoms with E-state index < -0.39 is 0 Å². The van der Waals surface area contributed by atoms with E-state index in [0.717, 1.165) is 11.3 Å². The Morgan fingerprint density at radius 3 is 2.50 bits per heavy atom. The van der Waals surface area contributed by atoms with Gasteiger partial charge >= 0.3 is 0 Å². The third-order valence-electron chi connectivity index (χ3n) is 3.56. The molecule has 3 atom stereocenters. The molecule has 0 heterocycles. The number of hydrogen-bond donors (Lipinski definition) is 0. The van der Waals surface area contributed by atoms with Crippen LogP contribution >= 0.6 is 0 Å². The van der Waals surface area contributed by atoms with E-state index in [9.17, 15) is 0 Å². The molecule has 0 saturated heterocycles. The summed E-state index contributed by atoms with van der Waals surface area (Å²) in [5.74, 6) is 2.24. The Balaban J connectivity index is 2.09. The van der Waals surface area contributed by atoms with Gasteiger partial charge in [-0.25, -0.2) is 0 Å². The molecule has 46 valence electrons. The first-order valence-corrected chi connectivity index (χ1v) is 3.79. The van der Waals surface area contributed by atoms with Gasteiger partial charge in [0.25, 0.3) is 0 Å². The quantitative estimate of drug-likeness (QED) is 0.486. The fourth-order valence-corrected chi connectivity index (χ4v) is 2.60. The lowest BCUT2D eigenvalue weighted by Gasteiger charge is -2.32. The summed E-state index contributed by atoms with van der Waals surface area (Å²) in [6.07, 6.45) is 4.54. The standard InChI is InChI=1S/C8H14/c1-3-8-5-7(8)4-6(8)2/h6-7H,3-5H2,1-2H3. The summed E-state index contributed by atoms with van der Waals surface area (Å²) in [5.41, 5.74) is 0.889. The van der Waals surface area contributed by atoms with E-state index in [1.807, 2.05) is 0 Å². The van der Waals surface area contributed by atoms with Crippen LogP contribution in [0.2, 0.25) is 0 Å². The van der Waals surface area contributed by atoms with E-state index in [4.69, 9.17) is 0 Å². The highest BCUT2D eigenvalue weighted by Gasteiger charge is 2.63. The third kappa shape index (κ3) is 0.310. The van der Waals surface area contributed by atoms with Gasteiger partial charge in [-0.2, -0.15) is 0 Å². The molecule has 3 unspecified atom stereocenters. The number of fused-ring (bicyclic) bond motifs is 1. The zero-order valence-corrected chi connectivity index (χ0v) is 5.78. The van der Waals surface area contributed by atoms with Gasteiger partial charge in [0.15, 0.2) is 0 Å². The molecule has 2 rings (SSSR count). The van der Waals surface area contributed by atoms with Gasteiger partial charge in [-0.1, -0.05) is 13.8 Å². The lowest BCUT2D eigenvalue weighted by atomic mass is 9.73. The van der Waals surface area contributed by atoms with Crippen LogP contribution in [-0.2, 0) is 0 Å². The fourth-order valence-electron chi connectivity index (χ4n) is 2.60. The molecule has 0 heteroatoms. The van der Waals surface area contributed by atoms with Crippen LogP contribution in [0, 0.1) is 17.3 Å². The molecule has 2 saturated carbocycles. The summed E-state index contributed by atoms with van der Waals surface area (Å²) in [6.45, 7) is 4.75. The molecule has 0 nitrogen and oxygen atoms in total. The first-order valence-electron chi connectivity index (χ1n) is 3.79. The maximum atomic E-state index is 2.41. The minimum Gasteiger partial charge on any atom is -0.0648 e. The summed E-state index contributed by atoms with van der Waals surface area (Å²) >= 11 is 0. The van der Waals surface area contributed by atoms with Crippen molar-refractivity contribution in [3.63, 3.8) is 0 Å². The largest absolute Gasteiger partial charge is 0.0648 e. The Labute approximate surface area is 51.3 Å².